The van der Waals surface area contributed by atoms with Gasteiger partial charge in [-0.15, -0.1) is 0 Å². The lowest BCUT2D eigenvalue weighted by Crippen LogP contribution is -2.16. The third-order valence-electron chi connectivity index (χ3n) is 4.20. The topological polar surface area (TPSA) is 76.1 Å². The van der Waals surface area contributed by atoms with Gasteiger partial charge in [-0.2, -0.15) is 0 Å². The molecule has 1 amide bonds. The highest BCUT2D eigenvalue weighted by atomic mass is 35.5. The summed E-state index contributed by atoms with van der Waals surface area (Å²) in [5, 5.41) is 6.58. The predicted octanol–water partition coefficient (Wildman–Crippen LogP) is 5.06. The Morgan fingerprint density at radius 1 is 1.04 bits per heavy atom. The molecular formula is C21H21ClN4O2. The van der Waals surface area contributed by atoms with Crippen molar-refractivity contribution in [3.05, 3.63) is 70.0 Å². The number of aryl methyl sites for hydroxylation is 2. The zero-order chi connectivity index (χ0) is 20.3. The van der Waals surface area contributed by atoms with Gasteiger partial charge >= 0.3 is 0 Å². The summed E-state index contributed by atoms with van der Waals surface area (Å²) >= 11 is 6.13. The van der Waals surface area contributed by atoms with E-state index in [2.05, 4.69) is 20.6 Å². The van der Waals surface area contributed by atoms with E-state index >= 15 is 0 Å². The maximum atomic E-state index is 12.7. The third-order valence-corrected chi connectivity index (χ3v) is 4.61. The second-order valence-electron chi connectivity index (χ2n) is 6.41. The largest absolute Gasteiger partial charge is 0.495 e. The van der Waals surface area contributed by atoms with Crippen LogP contribution in [-0.2, 0) is 0 Å². The van der Waals surface area contributed by atoms with Gasteiger partial charge in [-0.1, -0.05) is 23.7 Å². The molecule has 0 saturated carbocycles. The normalized spacial score (nSPS) is 10.5. The van der Waals surface area contributed by atoms with Crippen LogP contribution in [0, 0.1) is 20.8 Å². The summed E-state index contributed by atoms with van der Waals surface area (Å²) in [6.07, 6.45) is 0. The zero-order valence-corrected chi connectivity index (χ0v) is 16.9. The number of amides is 1. The Bertz CT molecular complexity index is 1040. The van der Waals surface area contributed by atoms with E-state index in [0.29, 0.717) is 28.1 Å². The molecule has 0 saturated heterocycles. The lowest BCUT2D eigenvalue weighted by Gasteiger charge is -2.13. The van der Waals surface area contributed by atoms with Gasteiger partial charge in [0, 0.05) is 16.4 Å². The first-order chi connectivity index (χ1) is 13.4. The molecule has 6 nitrogen and oxygen atoms in total. The molecule has 0 aliphatic carbocycles. The van der Waals surface area contributed by atoms with Gasteiger partial charge in [-0.3, -0.25) is 4.79 Å². The molecule has 2 N–H and O–H groups in total. The van der Waals surface area contributed by atoms with Crippen molar-refractivity contribution in [2.75, 3.05) is 17.7 Å². The number of hydrogen-bond donors (Lipinski definition) is 2. The Hall–Kier alpha value is -3.12. The summed E-state index contributed by atoms with van der Waals surface area (Å²) in [6.45, 7) is 5.63. The average molecular weight is 397 g/mol. The molecule has 144 valence electrons. The van der Waals surface area contributed by atoms with Crippen molar-refractivity contribution in [2.24, 2.45) is 0 Å². The van der Waals surface area contributed by atoms with E-state index in [4.69, 9.17) is 16.3 Å². The monoisotopic (exact) mass is 396 g/mol. The number of halogens is 1. The number of rotatable bonds is 5. The van der Waals surface area contributed by atoms with Gasteiger partial charge in [0.15, 0.2) is 0 Å². The van der Waals surface area contributed by atoms with Gasteiger partial charge in [0.25, 0.3) is 5.91 Å². The van der Waals surface area contributed by atoms with E-state index in [1.807, 2.05) is 39.0 Å². The molecule has 0 aliphatic rings. The van der Waals surface area contributed by atoms with Gasteiger partial charge in [-0.05, 0) is 62.2 Å². The number of anilines is 3. The van der Waals surface area contributed by atoms with Crippen LogP contribution in [0.5, 0.6) is 5.75 Å². The van der Waals surface area contributed by atoms with Gasteiger partial charge in [0.2, 0.25) is 5.95 Å². The molecule has 0 atom stereocenters. The standard InChI is InChI=1S/C21H21ClN4O2/c1-12-8-9-19(28-4)17(10-12)25-21-23-13(2)11-18(26-21)20(27)24-16-7-5-6-15(22)14(16)3/h5-11H,1-4H3,(H,24,27)(H,23,25,26). The van der Waals surface area contributed by atoms with Crippen LogP contribution in [0.3, 0.4) is 0 Å². The predicted molar refractivity (Wildman–Crippen MR) is 112 cm³/mol. The number of nitrogens with one attached hydrogen (secondary N) is 2. The van der Waals surface area contributed by atoms with Crippen molar-refractivity contribution in [1.82, 2.24) is 9.97 Å². The van der Waals surface area contributed by atoms with E-state index in [0.717, 1.165) is 16.8 Å². The maximum Gasteiger partial charge on any atom is 0.274 e. The van der Waals surface area contributed by atoms with Gasteiger partial charge in [-0.25, -0.2) is 9.97 Å². The van der Waals surface area contributed by atoms with Crippen molar-refractivity contribution < 1.29 is 9.53 Å². The summed E-state index contributed by atoms with van der Waals surface area (Å²) in [4.78, 5) is 21.5. The fourth-order valence-corrected chi connectivity index (χ4v) is 2.88. The van der Waals surface area contributed by atoms with Crippen molar-refractivity contribution in [3.63, 3.8) is 0 Å². The molecular weight excluding hydrogens is 376 g/mol. The van der Waals surface area contributed by atoms with Crippen molar-refractivity contribution in [3.8, 4) is 5.75 Å². The minimum atomic E-state index is -0.338. The molecule has 0 radical (unpaired) electrons. The number of carbonyl (C=O) groups excluding carboxylic acids is 1. The minimum Gasteiger partial charge on any atom is -0.495 e. The second-order valence-corrected chi connectivity index (χ2v) is 6.82. The molecule has 1 heterocycles. The number of carbonyl (C=O) groups is 1. The Labute approximate surface area is 168 Å². The summed E-state index contributed by atoms with van der Waals surface area (Å²) < 4.78 is 5.37. The fourth-order valence-electron chi connectivity index (χ4n) is 2.71. The Kier molecular flexibility index (Phi) is 5.80. The SMILES string of the molecule is COc1ccc(C)cc1Nc1nc(C)cc(C(=O)Nc2cccc(Cl)c2C)n1. The van der Waals surface area contributed by atoms with E-state index in [1.54, 1.807) is 31.4 Å². The Balaban J connectivity index is 1.88. The quantitative estimate of drug-likeness (QED) is 0.630. The number of nitrogens with zero attached hydrogens (tertiary/aromatic N) is 2. The highest BCUT2D eigenvalue weighted by Gasteiger charge is 2.14. The lowest BCUT2D eigenvalue weighted by molar-refractivity contribution is 0.102. The third kappa shape index (κ3) is 4.40. The van der Waals surface area contributed by atoms with Crippen molar-refractivity contribution in [1.29, 1.82) is 0 Å². The lowest BCUT2D eigenvalue weighted by atomic mass is 10.2. The van der Waals surface area contributed by atoms with E-state index < -0.39 is 0 Å². The second kappa shape index (κ2) is 8.27. The summed E-state index contributed by atoms with van der Waals surface area (Å²) in [7, 11) is 1.60. The maximum absolute atomic E-state index is 12.7. The molecule has 28 heavy (non-hydrogen) atoms. The molecule has 3 rings (SSSR count). The molecule has 0 fully saturated rings. The summed E-state index contributed by atoms with van der Waals surface area (Å²) in [5.41, 5.74) is 4.14. The first kappa shape index (κ1) is 19.6. The smallest absolute Gasteiger partial charge is 0.274 e. The van der Waals surface area contributed by atoms with Gasteiger partial charge in [0.1, 0.15) is 11.4 Å². The van der Waals surface area contributed by atoms with Crippen LogP contribution in [0.25, 0.3) is 0 Å². The van der Waals surface area contributed by atoms with Crippen LogP contribution >= 0.6 is 11.6 Å². The number of methoxy groups -OCH3 is 1. The first-order valence-electron chi connectivity index (χ1n) is 8.71. The molecule has 1 aromatic heterocycles. The molecule has 0 aliphatic heterocycles. The molecule has 0 bridgehead atoms. The van der Waals surface area contributed by atoms with Crippen LogP contribution in [0.2, 0.25) is 5.02 Å². The van der Waals surface area contributed by atoms with Crippen LogP contribution in [0.1, 0.15) is 27.3 Å². The highest BCUT2D eigenvalue weighted by Crippen LogP contribution is 2.28. The van der Waals surface area contributed by atoms with Crippen molar-refractivity contribution >= 4 is 34.8 Å². The van der Waals surface area contributed by atoms with Crippen LogP contribution in [0.4, 0.5) is 17.3 Å². The zero-order valence-electron chi connectivity index (χ0n) is 16.1. The number of hydrogen-bond acceptors (Lipinski definition) is 5. The molecule has 0 unspecified atom stereocenters. The van der Waals surface area contributed by atoms with Crippen LogP contribution < -0.4 is 15.4 Å². The highest BCUT2D eigenvalue weighted by molar-refractivity contribution is 6.31. The van der Waals surface area contributed by atoms with E-state index in [1.165, 1.54) is 0 Å². The van der Waals surface area contributed by atoms with E-state index in [-0.39, 0.29) is 11.6 Å². The number of benzene rings is 2. The Morgan fingerprint density at radius 3 is 2.57 bits per heavy atom. The molecule has 7 heteroatoms. The first-order valence-corrected chi connectivity index (χ1v) is 9.09. The molecule has 0 spiro atoms. The van der Waals surface area contributed by atoms with Gasteiger partial charge < -0.3 is 15.4 Å². The number of ether oxygens (including phenoxy) is 1. The number of aromatic nitrogens is 2. The van der Waals surface area contributed by atoms with Crippen LogP contribution in [-0.4, -0.2) is 23.0 Å². The van der Waals surface area contributed by atoms with Crippen LogP contribution in [0.15, 0.2) is 42.5 Å². The molecule has 2 aromatic carbocycles. The molecule has 3 aromatic rings. The average Bonchev–Trinajstić information content (AvgIpc) is 2.65. The summed E-state index contributed by atoms with van der Waals surface area (Å²) in [5.74, 6) is 0.642. The Morgan fingerprint density at radius 2 is 1.82 bits per heavy atom. The fraction of sp³-hybridized carbons (Fsp3) is 0.190. The van der Waals surface area contributed by atoms with Crippen molar-refractivity contribution in [2.45, 2.75) is 20.8 Å². The van der Waals surface area contributed by atoms with E-state index in [9.17, 15) is 4.79 Å². The summed E-state index contributed by atoms with van der Waals surface area (Å²) in [6, 6.07) is 12.7. The van der Waals surface area contributed by atoms with Gasteiger partial charge in [0.05, 0.1) is 12.8 Å². The minimum absolute atomic E-state index is 0.251.